The standard InChI is InChI=1S/C21H21N3O4S/c1-14-21(26)24(19-5-3-2-4-18(19)22-14)12-15-6-8-16(9-7-15)20(25)23-17-10-11-29(27,28)13-17/h2-9,17H,10-13H2,1H3,(H,23,25). The van der Waals surface area contributed by atoms with Crippen LogP contribution in [-0.4, -0.2) is 41.4 Å². The van der Waals surface area contributed by atoms with E-state index in [4.69, 9.17) is 0 Å². The van der Waals surface area contributed by atoms with Gasteiger partial charge in [-0.2, -0.15) is 0 Å². The van der Waals surface area contributed by atoms with Crippen LogP contribution >= 0.6 is 0 Å². The lowest BCUT2D eigenvalue weighted by atomic mass is 10.1. The van der Waals surface area contributed by atoms with Crippen molar-refractivity contribution in [3.8, 4) is 0 Å². The van der Waals surface area contributed by atoms with Gasteiger partial charge in [0.05, 0.1) is 29.1 Å². The van der Waals surface area contributed by atoms with Crippen molar-refractivity contribution in [3.05, 3.63) is 75.7 Å². The van der Waals surface area contributed by atoms with Crippen molar-refractivity contribution in [1.29, 1.82) is 0 Å². The molecule has 0 spiro atoms. The molecule has 0 bridgehead atoms. The van der Waals surface area contributed by atoms with Gasteiger partial charge < -0.3 is 9.88 Å². The first-order chi connectivity index (χ1) is 13.8. The quantitative estimate of drug-likeness (QED) is 0.704. The lowest BCUT2D eigenvalue weighted by molar-refractivity contribution is 0.0941. The van der Waals surface area contributed by atoms with E-state index in [-0.39, 0.29) is 29.0 Å². The molecule has 8 heteroatoms. The summed E-state index contributed by atoms with van der Waals surface area (Å²) in [5, 5.41) is 2.78. The summed E-state index contributed by atoms with van der Waals surface area (Å²) >= 11 is 0. The number of carbonyl (C=O) groups is 1. The maximum atomic E-state index is 12.6. The van der Waals surface area contributed by atoms with Crippen LogP contribution in [0.5, 0.6) is 0 Å². The van der Waals surface area contributed by atoms with Crippen LogP contribution in [0.25, 0.3) is 11.0 Å². The first-order valence-corrected chi connectivity index (χ1v) is 11.2. The molecule has 150 valence electrons. The second kappa shape index (κ2) is 7.44. The first-order valence-electron chi connectivity index (χ1n) is 9.39. The Labute approximate surface area is 168 Å². The molecule has 1 aliphatic heterocycles. The molecule has 1 saturated heterocycles. The van der Waals surface area contributed by atoms with Gasteiger partial charge >= 0.3 is 0 Å². The molecular formula is C21H21N3O4S. The molecule has 4 rings (SSSR count). The van der Waals surface area contributed by atoms with E-state index < -0.39 is 9.84 Å². The molecule has 1 aliphatic rings. The van der Waals surface area contributed by atoms with E-state index in [0.717, 1.165) is 16.6 Å². The Morgan fingerprint density at radius 3 is 2.59 bits per heavy atom. The van der Waals surface area contributed by atoms with Gasteiger partial charge in [0.25, 0.3) is 11.5 Å². The van der Waals surface area contributed by atoms with Gasteiger partial charge in [0.1, 0.15) is 5.69 Å². The molecule has 1 amide bonds. The van der Waals surface area contributed by atoms with Crippen LogP contribution in [0.1, 0.15) is 28.0 Å². The molecule has 2 aromatic carbocycles. The fraction of sp³-hybridized carbons (Fsp3) is 0.286. The van der Waals surface area contributed by atoms with Gasteiger partial charge in [-0.15, -0.1) is 0 Å². The molecule has 0 radical (unpaired) electrons. The van der Waals surface area contributed by atoms with Crippen molar-refractivity contribution in [2.24, 2.45) is 0 Å². The molecule has 29 heavy (non-hydrogen) atoms. The lowest BCUT2D eigenvalue weighted by Gasteiger charge is -2.13. The van der Waals surface area contributed by atoms with Crippen LogP contribution in [0.15, 0.2) is 53.3 Å². The van der Waals surface area contributed by atoms with Crippen molar-refractivity contribution < 1.29 is 13.2 Å². The second-order valence-electron chi connectivity index (χ2n) is 7.35. The summed E-state index contributed by atoms with van der Waals surface area (Å²) in [5.74, 6) is -0.180. The number of rotatable bonds is 4. The minimum atomic E-state index is -3.04. The highest BCUT2D eigenvalue weighted by Gasteiger charge is 2.29. The number of hydrogen-bond donors (Lipinski definition) is 1. The minimum Gasteiger partial charge on any atom is -0.348 e. The van der Waals surface area contributed by atoms with E-state index in [1.54, 1.807) is 35.8 Å². The molecule has 1 aromatic heterocycles. The first kappa shape index (κ1) is 19.3. The largest absolute Gasteiger partial charge is 0.348 e. The Morgan fingerprint density at radius 1 is 1.17 bits per heavy atom. The third-order valence-corrected chi connectivity index (χ3v) is 6.91. The summed E-state index contributed by atoms with van der Waals surface area (Å²) in [6.45, 7) is 2.06. The summed E-state index contributed by atoms with van der Waals surface area (Å²) in [7, 11) is -3.04. The summed E-state index contributed by atoms with van der Waals surface area (Å²) in [5.41, 5.74) is 3.14. The lowest BCUT2D eigenvalue weighted by Crippen LogP contribution is -2.35. The van der Waals surface area contributed by atoms with Crippen molar-refractivity contribution in [3.63, 3.8) is 0 Å². The Balaban J connectivity index is 1.54. The predicted molar refractivity (Wildman–Crippen MR) is 111 cm³/mol. The Morgan fingerprint density at radius 2 is 1.90 bits per heavy atom. The Bertz CT molecular complexity index is 1250. The van der Waals surface area contributed by atoms with Gasteiger partial charge in [0.2, 0.25) is 0 Å². The molecule has 3 aromatic rings. The van der Waals surface area contributed by atoms with E-state index in [2.05, 4.69) is 10.3 Å². The number of fused-ring (bicyclic) bond motifs is 1. The summed E-state index contributed by atoms with van der Waals surface area (Å²) < 4.78 is 24.8. The number of aryl methyl sites for hydroxylation is 1. The molecule has 0 aliphatic carbocycles. The van der Waals surface area contributed by atoms with E-state index in [1.165, 1.54) is 0 Å². The zero-order chi connectivity index (χ0) is 20.6. The fourth-order valence-corrected chi connectivity index (χ4v) is 5.27. The zero-order valence-electron chi connectivity index (χ0n) is 16.0. The van der Waals surface area contributed by atoms with Gasteiger partial charge in [0.15, 0.2) is 9.84 Å². The fourth-order valence-electron chi connectivity index (χ4n) is 3.60. The van der Waals surface area contributed by atoms with E-state index in [9.17, 15) is 18.0 Å². The maximum absolute atomic E-state index is 12.6. The Kier molecular flexibility index (Phi) is 4.96. The molecule has 1 unspecified atom stereocenters. The number of aromatic nitrogens is 2. The average Bonchev–Trinajstić information content (AvgIpc) is 3.04. The molecule has 2 heterocycles. The molecule has 1 N–H and O–H groups in total. The van der Waals surface area contributed by atoms with Gasteiger partial charge in [-0.25, -0.2) is 13.4 Å². The number of nitrogens with one attached hydrogen (secondary N) is 1. The van der Waals surface area contributed by atoms with Gasteiger partial charge in [-0.1, -0.05) is 24.3 Å². The predicted octanol–water partition coefficient (Wildman–Crippen LogP) is 1.67. The number of para-hydroxylation sites is 2. The molecule has 1 atom stereocenters. The molecule has 7 nitrogen and oxygen atoms in total. The number of sulfone groups is 1. The van der Waals surface area contributed by atoms with Gasteiger partial charge in [-0.3, -0.25) is 9.59 Å². The second-order valence-corrected chi connectivity index (χ2v) is 9.58. The van der Waals surface area contributed by atoms with Crippen LogP contribution < -0.4 is 10.9 Å². The van der Waals surface area contributed by atoms with Crippen molar-refractivity contribution in [2.45, 2.75) is 25.9 Å². The topological polar surface area (TPSA) is 98.1 Å². The van der Waals surface area contributed by atoms with Gasteiger partial charge in [0, 0.05) is 11.6 Å². The van der Waals surface area contributed by atoms with Gasteiger partial charge in [-0.05, 0) is 43.2 Å². The summed E-state index contributed by atoms with van der Waals surface area (Å²) in [6, 6.07) is 14.1. The average molecular weight is 411 g/mol. The summed E-state index contributed by atoms with van der Waals surface area (Å²) in [6.07, 6.45) is 0.448. The molecular weight excluding hydrogens is 390 g/mol. The number of carbonyl (C=O) groups excluding carboxylic acids is 1. The van der Waals surface area contributed by atoms with E-state index >= 15 is 0 Å². The number of nitrogens with zero attached hydrogens (tertiary/aromatic N) is 2. The number of benzene rings is 2. The number of hydrogen-bond acceptors (Lipinski definition) is 5. The van der Waals surface area contributed by atoms with E-state index in [1.807, 2.05) is 24.3 Å². The summed E-state index contributed by atoms with van der Waals surface area (Å²) in [4.78, 5) is 29.3. The van der Waals surface area contributed by atoms with E-state index in [0.29, 0.717) is 24.2 Å². The van der Waals surface area contributed by atoms with Crippen molar-refractivity contribution in [2.75, 3.05) is 11.5 Å². The van der Waals surface area contributed by atoms with Crippen molar-refractivity contribution in [1.82, 2.24) is 14.9 Å². The highest BCUT2D eigenvalue weighted by molar-refractivity contribution is 7.91. The van der Waals surface area contributed by atoms with Crippen LogP contribution in [0.3, 0.4) is 0 Å². The van der Waals surface area contributed by atoms with Crippen LogP contribution in [0.2, 0.25) is 0 Å². The zero-order valence-corrected chi connectivity index (χ0v) is 16.8. The van der Waals surface area contributed by atoms with Crippen LogP contribution in [0.4, 0.5) is 0 Å². The highest BCUT2D eigenvalue weighted by Crippen LogP contribution is 2.14. The SMILES string of the molecule is Cc1nc2ccccc2n(Cc2ccc(C(=O)NC3CCS(=O)(=O)C3)cc2)c1=O. The van der Waals surface area contributed by atoms with Crippen LogP contribution in [-0.2, 0) is 16.4 Å². The monoisotopic (exact) mass is 411 g/mol. The van der Waals surface area contributed by atoms with Crippen LogP contribution in [0, 0.1) is 6.92 Å². The third kappa shape index (κ3) is 4.07. The Hall–Kier alpha value is -3.00. The number of amides is 1. The molecule has 0 saturated carbocycles. The minimum absolute atomic E-state index is 0.00575. The van der Waals surface area contributed by atoms with Crippen molar-refractivity contribution >= 4 is 26.8 Å². The smallest absolute Gasteiger partial charge is 0.272 e. The normalized spacial score (nSPS) is 18.0. The highest BCUT2D eigenvalue weighted by atomic mass is 32.2. The maximum Gasteiger partial charge on any atom is 0.272 e. The molecule has 1 fully saturated rings. The third-order valence-electron chi connectivity index (χ3n) is 5.14.